The molecule has 0 unspecified atom stereocenters. The van der Waals surface area contributed by atoms with E-state index in [1.54, 1.807) is 24.7 Å². The maximum atomic E-state index is 12.6. The molecule has 3 heterocycles. The number of nitrogens with one attached hydrogen (secondary N) is 1. The highest BCUT2D eigenvalue weighted by atomic mass is 16.5. The van der Waals surface area contributed by atoms with Gasteiger partial charge in [0.1, 0.15) is 5.75 Å². The molecule has 7 heteroatoms. The van der Waals surface area contributed by atoms with E-state index in [0.29, 0.717) is 12.6 Å². The van der Waals surface area contributed by atoms with Gasteiger partial charge >= 0.3 is 6.01 Å². The maximum absolute atomic E-state index is 12.6. The van der Waals surface area contributed by atoms with Crippen LogP contribution in [0.2, 0.25) is 0 Å². The summed E-state index contributed by atoms with van der Waals surface area (Å²) >= 11 is 0. The number of carbonyl (C=O) groups is 1. The van der Waals surface area contributed by atoms with Crippen LogP contribution in [0.25, 0.3) is 0 Å². The summed E-state index contributed by atoms with van der Waals surface area (Å²) in [5.41, 5.74) is 2.50. The Labute approximate surface area is 194 Å². The smallest absolute Gasteiger partial charge is 0.321 e. The van der Waals surface area contributed by atoms with Crippen LogP contribution in [0.15, 0.2) is 67.1 Å². The van der Waals surface area contributed by atoms with Crippen molar-refractivity contribution >= 4 is 5.91 Å². The van der Waals surface area contributed by atoms with Crippen molar-refractivity contribution in [3.63, 3.8) is 0 Å². The maximum Gasteiger partial charge on any atom is 0.321 e. The predicted molar refractivity (Wildman–Crippen MR) is 125 cm³/mol. The second-order valence-corrected chi connectivity index (χ2v) is 9.03. The topological polar surface area (TPSA) is 80.2 Å². The molecular weight excluding hydrogens is 414 g/mol. The minimum Gasteiger partial charge on any atom is -0.424 e. The van der Waals surface area contributed by atoms with Crippen molar-refractivity contribution < 1.29 is 9.53 Å². The van der Waals surface area contributed by atoms with Gasteiger partial charge in [0.2, 0.25) is 5.91 Å². The van der Waals surface area contributed by atoms with E-state index >= 15 is 0 Å². The number of piperidine rings is 1. The van der Waals surface area contributed by atoms with Crippen LogP contribution < -0.4 is 10.1 Å². The van der Waals surface area contributed by atoms with Crippen LogP contribution in [0, 0.1) is 11.3 Å². The van der Waals surface area contributed by atoms with Crippen molar-refractivity contribution in [2.45, 2.75) is 32.2 Å². The summed E-state index contributed by atoms with van der Waals surface area (Å²) in [6.45, 7) is 3.64. The lowest BCUT2D eigenvalue weighted by atomic mass is 9.90. The Morgan fingerprint density at radius 3 is 2.48 bits per heavy atom. The first-order chi connectivity index (χ1) is 16.2. The van der Waals surface area contributed by atoms with Crippen LogP contribution in [-0.4, -0.2) is 45.4 Å². The third-order valence-electron chi connectivity index (χ3n) is 6.85. The predicted octanol–water partition coefficient (Wildman–Crippen LogP) is 3.62. The molecule has 1 saturated heterocycles. The van der Waals surface area contributed by atoms with Gasteiger partial charge in [-0.05, 0) is 73.7 Å². The first kappa shape index (κ1) is 21.5. The van der Waals surface area contributed by atoms with Crippen LogP contribution in [0.1, 0.15) is 30.5 Å². The van der Waals surface area contributed by atoms with E-state index in [0.717, 1.165) is 56.8 Å². The zero-order valence-corrected chi connectivity index (χ0v) is 18.7. The molecule has 0 bridgehead atoms. The van der Waals surface area contributed by atoms with Crippen LogP contribution >= 0.6 is 0 Å². The Balaban J connectivity index is 1.05. The third kappa shape index (κ3) is 5.37. The average Bonchev–Trinajstić information content (AvgIpc) is 3.57. The first-order valence-corrected chi connectivity index (χ1v) is 11.6. The number of hydrogen-bond donors (Lipinski definition) is 1. The van der Waals surface area contributed by atoms with E-state index in [2.05, 4.69) is 37.3 Å². The summed E-state index contributed by atoms with van der Waals surface area (Å²) in [6, 6.07) is 16.1. The van der Waals surface area contributed by atoms with Crippen LogP contribution in [0.3, 0.4) is 0 Å². The van der Waals surface area contributed by atoms with Gasteiger partial charge in [0.15, 0.2) is 0 Å². The fourth-order valence-electron chi connectivity index (χ4n) is 4.78. The lowest BCUT2D eigenvalue weighted by Crippen LogP contribution is -2.37. The molecule has 170 valence electrons. The number of aromatic nitrogens is 3. The number of rotatable bonds is 8. The molecule has 1 aliphatic heterocycles. The molecule has 1 aliphatic carbocycles. The van der Waals surface area contributed by atoms with E-state index in [1.165, 1.54) is 5.56 Å². The molecule has 1 atom stereocenters. The molecule has 7 nitrogen and oxygen atoms in total. The fraction of sp³-hybridized carbons (Fsp3) is 0.385. The van der Waals surface area contributed by atoms with Crippen molar-refractivity contribution in [1.29, 1.82) is 0 Å². The van der Waals surface area contributed by atoms with Gasteiger partial charge in [-0.2, -0.15) is 0 Å². The summed E-state index contributed by atoms with van der Waals surface area (Å²) in [7, 11) is 0. The van der Waals surface area contributed by atoms with Crippen molar-refractivity contribution in [2.75, 3.05) is 19.6 Å². The highest BCUT2D eigenvalue weighted by Crippen LogP contribution is 2.59. The molecule has 33 heavy (non-hydrogen) atoms. The number of pyridine rings is 1. The molecule has 5 rings (SSSR count). The Morgan fingerprint density at radius 2 is 1.76 bits per heavy atom. The third-order valence-corrected chi connectivity index (χ3v) is 6.85. The standard InChI is InChI=1S/C26H29N5O2/c32-24(28-15-9-21-4-1-2-12-27-21)23-18-26(23)10-16-31(17-11-26)19-20-5-7-22(8-6-20)33-25-29-13-3-14-30-25/h1-8,12-14,23H,9-11,15-19H2,(H,28,32)/t23-/m0/s1. The molecule has 2 aromatic heterocycles. The second kappa shape index (κ2) is 9.67. The van der Waals surface area contributed by atoms with E-state index in [9.17, 15) is 4.79 Å². The monoisotopic (exact) mass is 443 g/mol. The van der Waals surface area contributed by atoms with Crippen molar-refractivity contribution in [3.8, 4) is 11.8 Å². The average molecular weight is 444 g/mol. The van der Waals surface area contributed by atoms with E-state index in [1.807, 2.05) is 30.3 Å². The van der Waals surface area contributed by atoms with Gasteiger partial charge < -0.3 is 10.1 Å². The zero-order valence-electron chi connectivity index (χ0n) is 18.7. The highest BCUT2D eigenvalue weighted by Gasteiger charge is 2.58. The molecular formula is C26H29N5O2. The number of ether oxygens (including phenoxy) is 1. The zero-order chi connectivity index (χ0) is 22.5. The van der Waals surface area contributed by atoms with Crippen molar-refractivity contribution in [2.24, 2.45) is 11.3 Å². The van der Waals surface area contributed by atoms with Gasteiger partial charge in [-0.1, -0.05) is 18.2 Å². The normalized spacial score (nSPS) is 19.2. The molecule has 2 fully saturated rings. The van der Waals surface area contributed by atoms with Crippen LogP contribution in [-0.2, 0) is 17.8 Å². The Morgan fingerprint density at radius 1 is 1.00 bits per heavy atom. The van der Waals surface area contributed by atoms with E-state index in [-0.39, 0.29) is 17.2 Å². The van der Waals surface area contributed by atoms with E-state index < -0.39 is 0 Å². The highest BCUT2D eigenvalue weighted by molar-refractivity contribution is 5.82. The van der Waals surface area contributed by atoms with Gasteiger partial charge in [-0.3, -0.25) is 14.7 Å². The molecule has 1 N–H and O–H groups in total. The number of likely N-dealkylation sites (tertiary alicyclic amines) is 1. The second-order valence-electron chi connectivity index (χ2n) is 9.03. The summed E-state index contributed by atoms with van der Waals surface area (Å²) in [6.07, 6.45) is 9.12. The van der Waals surface area contributed by atoms with Gasteiger partial charge in [0.05, 0.1) is 0 Å². The molecule has 1 amide bonds. The van der Waals surface area contributed by atoms with Gasteiger partial charge in [0, 0.05) is 49.7 Å². The summed E-state index contributed by atoms with van der Waals surface area (Å²) in [5, 5.41) is 3.13. The Kier molecular flexibility index (Phi) is 6.30. The number of hydrogen-bond acceptors (Lipinski definition) is 6. The molecule has 1 saturated carbocycles. The van der Waals surface area contributed by atoms with Crippen LogP contribution in [0.5, 0.6) is 11.8 Å². The largest absolute Gasteiger partial charge is 0.424 e. The van der Waals surface area contributed by atoms with Gasteiger partial charge in [0.25, 0.3) is 0 Å². The molecule has 0 radical (unpaired) electrons. The molecule has 3 aromatic rings. The van der Waals surface area contributed by atoms with Gasteiger partial charge in [-0.25, -0.2) is 9.97 Å². The number of nitrogens with zero attached hydrogens (tertiary/aromatic N) is 4. The Bertz CT molecular complexity index is 1050. The van der Waals surface area contributed by atoms with Gasteiger partial charge in [-0.15, -0.1) is 0 Å². The molecule has 1 spiro atoms. The SMILES string of the molecule is O=C(NCCc1ccccn1)[C@@H]1CC12CCN(Cc1ccc(Oc3ncccn3)cc1)CC2. The fourth-order valence-corrected chi connectivity index (χ4v) is 4.78. The van der Waals surface area contributed by atoms with E-state index in [4.69, 9.17) is 4.74 Å². The summed E-state index contributed by atoms with van der Waals surface area (Å²) in [5.74, 6) is 1.13. The Hall–Kier alpha value is -3.32. The first-order valence-electron chi connectivity index (χ1n) is 11.6. The molecule has 1 aromatic carbocycles. The van der Waals surface area contributed by atoms with Crippen molar-refractivity contribution in [3.05, 3.63) is 78.4 Å². The lowest BCUT2D eigenvalue weighted by Gasteiger charge is -2.32. The summed E-state index contributed by atoms with van der Waals surface area (Å²) in [4.78, 5) is 27.6. The minimum atomic E-state index is 0.181. The quantitative estimate of drug-likeness (QED) is 0.573. The number of carbonyl (C=O) groups excluding carboxylic acids is 1. The van der Waals surface area contributed by atoms with Crippen LogP contribution in [0.4, 0.5) is 0 Å². The molecule has 2 aliphatic rings. The number of benzene rings is 1. The van der Waals surface area contributed by atoms with Crippen molar-refractivity contribution in [1.82, 2.24) is 25.2 Å². The lowest BCUT2D eigenvalue weighted by molar-refractivity contribution is -0.123. The minimum absolute atomic E-state index is 0.181. The number of amides is 1. The summed E-state index contributed by atoms with van der Waals surface area (Å²) < 4.78 is 5.67.